The largest absolute Gasteiger partial charge is 0.355 e. The normalized spacial score (nSPS) is 11.2. The predicted octanol–water partition coefficient (Wildman–Crippen LogP) is 0.812. The highest BCUT2D eigenvalue weighted by Crippen LogP contribution is 2.05. The minimum absolute atomic E-state index is 0.234. The third-order valence-electron chi connectivity index (χ3n) is 2.47. The highest BCUT2D eigenvalue weighted by Gasteiger charge is 2.20. The van der Waals surface area contributed by atoms with Crippen molar-refractivity contribution < 1.29 is 18.0 Å². The van der Waals surface area contributed by atoms with Crippen LogP contribution in [0.25, 0.3) is 0 Å². The molecule has 6 nitrogen and oxygen atoms in total. The van der Waals surface area contributed by atoms with E-state index in [4.69, 9.17) is 0 Å². The molecule has 0 heterocycles. The average Bonchev–Trinajstić information content (AvgIpc) is 2.36. The lowest BCUT2D eigenvalue weighted by molar-refractivity contribution is -0.118. The molecule has 0 atom stereocenters. The molecule has 1 aromatic carbocycles. The number of anilines is 1. The van der Waals surface area contributed by atoms with Crippen molar-refractivity contribution in [1.29, 1.82) is 0 Å². The Labute approximate surface area is 124 Å². The van der Waals surface area contributed by atoms with Crippen LogP contribution >= 0.6 is 0 Å². The van der Waals surface area contributed by atoms with E-state index in [0.29, 0.717) is 12.2 Å². The summed E-state index contributed by atoms with van der Waals surface area (Å²) in [5.41, 5.74) is 0.516. The SMILES string of the molecule is CC(C)CNC(=O)CS(=O)(=O)CC(=O)Nc1ccccc1. The zero-order chi connectivity index (χ0) is 15.9. The maximum Gasteiger partial charge on any atom is 0.239 e. The highest BCUT2D eigenvalue weighted by atomic mass is 32.2. The molecular weight excluding hydrogens is 292 g/mol. The summed E-state index contributed by atoms with van der Waals surface area (Å²) in [6.07, 6.45) is 0. The van der Waals surface area contributed by atoms with Crippen LogP contribution in [0, 0.1) is 5.92 Å². The Balaban J connectivity index is 2.48. The van der Waals surface area contributed by atoms with Gasteiger partial charge in [-0.2, -0.15) is 0 Å². The molecule has 0 aliphatic heterocycles. The van der Waals surface area contributed by atoms with Crippen LogP contribution in [-0.4, -0.2) is 38.3 Å². The van der Waals surface area contributed by atoms with E-state index in [1.54, 1.807) is 30.3 Å². The van der Waals surface area contributed by atoms with Crippen molar-refractivity contribution in [2.75, 3.05) is 23.4 Å². The van der Waals surface area contributed by atoms with Crippen molar-refractivity contribution in [3.05, 3.63) is 30.3 Å². The van der Waals surface area contributed by atoms with E-state index in [1.807, 2.05) is 13.8 Å². The summed E-state index contributed by atoms with van der Waals surface area (Å²) >= 11 is 0. The van der Waals surface area contributed by atoms with E-state index in [9.17, 15) is 18.0 Å². The van der Waals surface area contributed by atoms with Crippen LogP contribution in [0.2, 0.25) is 0 Å². The lowest BCUT2D eigenvalue weighted by Gasteiger charge is -2.08. The fourth-order valence-corrected chi connectivity index (χ4v) is 2.61. The minimum atomic E-state index is -3.77. The Bertz CT molecular complexity index is 582. The monoisotopic (exact) mass is 312 g/mol. The molecule has 0 saturated heterocycles. The molecule has 2 N–H and O–H groups in total. The second-order valence-electron chi connectivity index (χ2n) is 5.14. The van der Waals surface area contributed by atoms with Crippen LogP contribution in [0.5, 0.6) is 0 Å². The van der Waals surface area contributed by atoms with E-state index in [0.717, 1.165) is 0 Å². The van der Waals surface area contributed by atoms with E-state index >= 15 is 0 Å². The molecule has 0 bridgehead atoms. The maximum atomic E-state index is 11.8. The molecule has 0 aliphatic carbocycles. The number of carbonyl (C=O) groups is 2. The summed E-state index contributed by atoms with van der Waals surface area (Å²) in [4.78, 5) is 23.1. The fourth-order valence-electron chi connectivity index (χ4n) is 1.54. The number of hydrogen-bond donors (Lipinski definition) is 2. The van der Waals surface area contributed by atoms with Crippen molar-refractivity contribution in [1.82, 2.24) is 5.32 Å². The highest BCUT2D eigenvalue weighted by molar-refractivity contribution is 7.92. The fraction of sp³-hybridized carbons (Fsp3) is 0.429. The van der Waals surface area contributed by atoms with Gasteiger partial charge in [0.05, 0.1) is 0 Å². The van der Waals surface area contributed by atoms with Crippen molar-refractivity contribution in [2.45, 2.75) is 13.8 Å². The molecule has 0 fully saturated rings. The first-order valence-electron chi connectivity index (χ1n) is 6.60. The van der Waals surface area contributed by atoms with Crippen LogP contribution in [0.1, 0.15) is 13.8 Å². The smallest absolute Gasteiger partial charge is 0.239 e. The first kappa shape index (κ1) is 17.2. The quantitative estimate of drug-likeness (QED) is 0.779. The third kappa shape index (κ3) is 7.45. The summed E-state index contributed by atoms with van der Waals surface area (Å²) in [5.74, 6) is -2.40. The Morgan fingerprint density at radius 2 is 1.62 bits per heavy atom. The summed E-state index contributed by atoms with van der Waals surface area (Å²) in [5, 5.41) is 4.98. The maximum absolute atomic E-state index is 11.8. The van der Waals surface area contributed by atoms with Crippen LogP contribution in [0.15, 0.2) is 30.3 Å². The summed E-state index contributed by atoms with van der Waals surface area (Å²) in [6, 6.07) is 8.54. The van der Waals surface area contributed by atoms with Gasteiger partial charge in [0.2, 0.25) is 11.8 Å². The number of sulfone groups is 1. The lowest BCUT2D eigenvalue weighted by atomic mass is 10.2. The number of para-hydroxylation sites is 1. The van der Waals surface area contributed by atoms with Gasteiger partial charge in [-0.15, -0.1) is 0 Å². The van der Waals surface area contributed by atoms with E-state index in [1.165, 1.54) is 0 Å². The number of nitrogens with one attached hydrogen (secondary N) is 2. The van der Waals surface area contributed by atoms with E-state index in [-0.39, 0.29) is 5.92 Å². The summed E-state index contributed by atoms with van der Waals surface area (Å²) in [7, 11) is -3.77. The van der Waals surface area contributed by atoms with Crippen LogP contribution in [0.4, 0.5) is 5.69 Å². The molecule has 0 saturated carbocycles. The van der Waals surface area contributed by atoms with Gasteiger partial charge in [-0.1, -0.05) is 32.0 Å². The zero-order valence-corrected chi connectivity index (χ0v) is 12.9. The summed E-state index contributed by atoms with van der Waals surface area (Å²) in [6.45, 7) is 4.22. The van der Waals surface area contributed by atoms with Crippen LogP contribution in [-0.2, 0) is 19.4 Å². The van der Waals surface area contributed by atoms with Gasteiger partial charge in [0.25, 0.3) is 0 Å². The molecule has 0 radical (unpaired) electrons. The molecule has 7 heteroatoms. The Morgan fingerprint density at radius 3 is 2.19 bits per heavy atom. The van der Waals surface area contributed by atoms with Gasteiger partial charge < -0.3 is 10.6 Å². The molecule has 1 aromatic rings. The number of benzene rings is 1. The van der Waals surface area contributed by atoms with Crippen molar-refractivity contribution in [3.63, 3.8) is 0 Å². The van der Waals surface area contributed by atoms with Crippen LogP contribution < -0.4 is 10.6 Å². The average molecular weight is 312 g/mol. The van der Waals surface area contributed by atoms with E-state index in [2.05, 4.69) is 10.6 Å². The molecule has 116 valence electrons. The lowest BCUT2D eigenvalue weighted by Crippen LogP contribution is -2.35. The number of amides is 2. The molecule has 21 heavy (non-hydrogen) atoms. The minimum Gasteiger partial charge on any atom is -0.355 e. The molecular formula is C14H20N2O4S. The first-order chi connectivity index (χ1) is 9.78. The number of rotatable bonds is 7. The first-order valence-corrected chi connectivity index (χ1v) is 8.42. The Kier molecular flexibility index (Phi) is 6.36. The second-order valence-corrected chi connectivity index (χ2v) is 7.21. The van der Waals surface area contributed by atoms with Gasteiger partial charge in [0.1, 0.15) is 11.5 Å². The molecule has 0 aromatic heterocycles. The molecule has 2 amide bonds. The predicted molar refractivity (Wildman–Crippen MR) is 81.6 cm³/mol. The molecule has 0 aliphatic rings. The van der Waals surface area contributed by atoms with Gasteiger partial charge in [-0.25, -0.2) is 8.42 Å². The van der Waals surface area contributed by atoms with Gasteiger partial charge >= 0.3 is 0 Å². The standard InChI is InChI=1S/C14H20N2O4S/c1-11(2)8-15-13(17)9-21(19,20)10-14(18)16-12-6-4-3-5-7-12/h3-7,11H,8-10H2,1-2H3,(H,15,17)(H,16,18). The van der Waals surface area contributed by atoms with Crippen LogP contribution in [0.3, 0.4) is 0 Å². The topological polar surface area (TPSA) is 92.3 Å². The van der Waals surface area contributed by atoms with Crippen molar-refractivity contribution >= 4 is 27.3 Å². The van der Waals surface area contributed by atoms with Crippen molar-refractivity contribution in [3.8, 4) is 0 Å². The molecule has 0 unspecified atom stereocenters. The van der Waals surface area contributed by atoms with Gasteiger partial charge in [-0.3, -0.25) is 9.59 Å². The Hall–Kier alpha value is -1.89. The van der Waals surface area contributed by atoms with Gasteiger partial charge in [0, 0.05) is 12.2 Å². The number of carbonyl (C=O) groups excluding carboxylic acids is 2. The van der Waals surface area contributed by atoms with Crippen molar-refractivity contribution in [2.24, 2.45) is 5.92 Å². The second kappa shape index (κ2) is 7.78. The third-order valence-corrected chi connectivity index (χ3v) is 3.87. The van der Waals surface area contributed by atoms with E-state index < -0.39 is 33.2 Å². The molecule has 0 spiro atoms. The zero-order valence-electron chi connectivity index (χ0n) is 12.1. The van der Waals surface area contributed by atoms with Gasteiger partial charge in [-0.05, 0) is 18.1 Å². The molecule has 1 rings (SSSR count). The Morgan fingerprint density at radius 1 is 1.05 bits per heavy atom. The summed E-state index contributed by atoms with van der Waals surface area (Å²) < 4.78 is 23.5. The van der Waals surface area contributed by atoms with Gasteiger partial charge in [0.15, 0.2) is 9.84 Å². The number of hydrogen-bond acceptors (Lipinski definition) is 4.